The van der Waals surface area contributed by atoms with E-state index < -0.39 is 5.60 Å². The van der Waals surface area contributed by atoms with E-state index in [0.717, 1.165) is 81.0 Å². The van der Waals surface area contributed by atoms with Crippen LogP contribution in [0.2, 0.25) is 0 Å². The number of aliphatic hydroxyl groups is 1. The molecule has 0 aliphatic carbocycles. The summed E-state index contributed by atoms with van der Waals surface area (Å²) in [5.41, 5.74) is 2.18. The van der Waals surface area contributed by atoms with Crippen LogP contribution in [-0.4, -0.2) is 49.3 Å². The number of piperazine rings is 1. The highest BCUT2D eigenvalue weighted by Crippen LogP contribution is 2.42. The minimum atomic E-state index is -0.993. The molecule has 0 unspecified atom stereocenters. The summed E-state index contributed by atoms with van der Waals surface area (Å²) in [5.74, 6) is 0.581. The maximum Gasteiger partial charge on any atom is 0.123 e. The standard InChI is InChI=1S/C33H43FN2O2/c1-3-5-20-33(37,28-12-18-31(19-13-28)38-25-6-4-2)32(27-10-8-7-9-11-27)26-35-21-23-36(24-22-35)30-16-14-29(34)15-17-30/h7-19,32,37H,3-6,20-26H2,1-2H3/t32-,33+/m0/s1. The average Bonchev–Trinajstić information content (AvgIpc) is 2.96. The fourth-order valence-electron chi connectivity index (χ4n) is 5.46. The van der Waals surface area contributed by atoms with Crippen LogP contribution in [0.3, 0.4) is 0 Å². The molecule has 1 fully saturated rings. The first-order valence-electron chi connectivity index (χ1n) is 14.3. The number of hydrogen-bond donors (Lipinski definition) is 1. The Hall–Kier alpha value is -2.89. The Bertz CT molecular complexity index is 1080. The van der Waals surface area contributed by atoms with E-state index >= 15 is 0 Å². The van der Waals surface area contributed by atoms with E-state index in [9.17, 15) is 9.50 Å². The smallest absolute Gasteiger partial charge is 0.123 e. The summed E-state index contributed by atoms with van der Waals surface area (Å²) < 4.78 is 19.3. The van der Waals surface area contributed by atoms with Gasteiger partial charge in [-0.3, -0.25) is 4.90 Å². The lowest BCUT2D eigenvalue weighted by Gasteiger charge is -2.43. The molecule has 0 saturated carbocycles. The van der Waals surface area contributed by atoms with Gasteiger partial charge in [-0.25, -0.2) is 4.39 Å². The molecule has 1 aliphatic rings. The van der Waals surface area contributed by atoms with Gasteiger partial charge in [-0.15, -0.1) is 0 Å². The number of benzene rings is 3. The number of ether oxygens (including phenoxy) is 1. The van der Waals surface area contributed by atoms with E-state index in [0.29, 0.717) is 13.0 Å². The Balaban J connectivity index is 1.55. The Morgan fingerprint density at radius 2 is 1.50 bits per heavy atom. The summed E-state index contributed by atoms with van der Waals surface area (Å²) in [5, 5.41) is 12.5. The summed E-state index contributed by atoms with van der Waals surface area (Å²) in [6.45, 7) is 9.38. The van der Waals surface area contributed by atoms with Crippen molar-refractivity contribution in [3.63, 3.8) is 0 Å². The van der Waals surface area contributed by atoms with Gasteiger partial charge < -0.3 is 14.7 Å². The maximum atomic E-state index is 13.4. The lowest BCUT2D eigenvalue weighted by Crippen LogP contribution is -2.50. The first kappa shape index (κ1) is 28.1. The highest BCUT2D eigenvalue weighted by molar-refractivity contribution is 5.46. The van der Waals surface area contributed by atoms with Crippen molar-refractivity contribution >= 4 is 5.69 Å². The van der Waals surface area contributed by atoms with Crippen LogP contribution in [-0.2, 0) is 5.60 Å². The van der Waals surface area contributed by atoms with Gasteiger partial charge in [0.15, 0.2) is 0 Å². The molecule has 0 bridgehead atoms. The second-order valence-corrected chi connectivity index (χ2v) is 10.5. The Labute approximate surface area is 228 Å². The first-order valence-corrected chi connectivity index (χ1v) is 14.3. The predicted octanol–water partition coefficient (Wildman–Crippen LogP) is 6.99. The van der Waals surface area contributed by atoms with Crippen LogP contribution in [0.4, 0.5) is 10.1 Å². The second-order valence-electron chi connectivity index (χ2n) is 10.5. The van der Waals surface area contributed by atoms with Crippen LogP contribution in [0.15, 0.2) is 78.9 Å². The molecule has 1 saturated heterocycles. The molecule has 2 atom stereocenters. The SMILES string of the molecule is CCCCOc1ccc([C@](O)(CCCC)[C@@H](CN2CCN(c3ccc(F)cc3)CC2)c2ccccc2)cc1. The minimum Gasteiger partial charge on any atom is -0.494 e. The van der Waals surface area contributed by atoms with Gasteiger partial charge in [0.25, 0.3) is 0 Å². The number of unbranched alkanes of at least 4 members (excludes halogenated alkanes) is 2. The van der Waals surface area contributed by atoms with Gasteiger partial charge in [-0.1, -0.05) is 75.6 Å². The molecule has 1 aliphatic heterocycles. The van der Waals surface area contributed by atoms with Crippen molar-refractivity contribution in [2.45, 2.75) is 57.5 Å². The minimum absolute atomic E-state index is 0.0699. The maximum absolute atomic E-state index is 13.4. The van der Waals surface area contributed by atoms with E-state index in [1.54, 1.807) is 0 Å². The van der Waals surface area contributed by atoms with Gasteiger partial charge in [-0.2, -0.15) is 0 Å². The van der Waals surface area contributed by atoms with Crippen LogP contribution in [0.1, 0.15) is 63.0 Å². The van der Waals surface area contributed by atoms with Gasteiger partial charge in [0, 0.05) is 44.3 Å². The molecule has 204 valence electrons. The van der Waals surface area contributed by atoms with E-state index in [1.807, 2.05) is 30.3 Å². The normalized spacial score (nSPS) is 16.7. The van der Waals surface area contributed by atoms with Gasteiger partial charge >= 0.3 is 0 Å². The molecule has 5 heteroatoms. The monoisotopic (exact) mass is 518 g/mol. The average molecular weight is 519 g/mol. The number of halogens is 1. The summed E-state index contributed by atoms with van der Waals surface area (Å²) >= 11 is 0. The van der Waals surface area contributed by atoms with Gasteiger partial charge in [0.1, 0.15) is 11.6 Å². The van der Waals surface area contributed by atoms with Crippen molar-refractivity contribution in [3.05, 3.63) is 95.8 Å². The Morgan fingerprint density at radius 3 is 2.13 bits per heavy atom. The van der Waals surface area contributed by atoms with Crippen LogP contribution in [0.5, 0.6) is 5.75 Å². The third-order valence-corrected chi connectivity index (χ3v) is 7.82. The third kappa shape index (κ3) is 7.15. The molecule has 0 amide bonds. The number of hydrogen-bond acceptors (Lipinski definition) is 4. The van der Waals surface area contributed by atoms with Gasteiger partial charge in [0.05, 0.1) is 12.2 Å². The molecule has 4 rings (SSSR count). The molecule has 0 radical (unpaired) electrons. The molecule has 38 heavy (non-hydrogen) atoms. The Morgan fingerprint density at radius 1 is 0.842 bits per heavy atom. The molecular formula is C33H43FN2O2. The van der Waals surface area contributed by atoms with Crippen molar-refractivity contribution in [2.75, 3.05) is 44.2 Å². The Kier molecular flexibility index (Phi) is 10.2. The largest absolute Gasteiger partial charge is 0.494 e. The summed E-state index contributed by atoms with van der Waals surface area (Å²) in [6.07, 6.45) is 4.82. The highest BCUT2D eigenvalue weighted by atomic mass is 19.1. The summed E-state index contributed by atoms with van der Waals surface area (Å²) in [4.78, 5) is 4.78. The lowest BCUT2D eigenvalue weighted by molar-refractivity contribution is -0.0153. The molecule has 0 aromatic heterocycles. The number of rotatable bonds is 13. The molecular weight excluding hydrogens is 475 g/mol. The van der Waals surface area contributed by atoms with Crippen LogP contribution in [0.25, 0.3) is 0 Å². The van der Waals surface area contributed by atoms with E-state index in [2.05, 4.69) is 60.0 Å². The zero-order chi connectivity index (χ0) is 26.8. The zero-order valence-electron chi connectivity index (χ0n) is 23.0. The molecule has 4 nitrogen and oxygen atoms in total. The van der Waals surface area contributed by atoms with Crippen molar-refractivity contribution in [2.24, 2.45) is 0 Å². The van der Waals surface area contributed by atoms with E-state index in [4.69, 9.17) is 4.74 Å². The van der Waals surface area contributed by atoms with Crippen LogP contribution in [0, 0.1) is 5.82 Å². The van der Waals surface area contributed by atoms with Crippen molar-refractivity contribution < 1.29 is 14.2 Å². The molecule has 3 aromatic carbocycles. The van der Waals surface area contributed by atoms with E-state index in [-0.39, 0.29) is 11.7 Å². The fraction of sp³-hybridized carbons (Fsp3) is 0.455. The fourth-order valence-corrected chi connectivity index (χ4v) is 5.46. The zero-order valence-corrected chi connectivity index (χ0v) is 23.0. The van der Waals surface area contributed by atoms with Crippen molar-refractivity contribution in [3.8, 4) is 5.75 Å². The van der Waals surface area contributed by atoms with Gasteiger partial charge in [0.2, 0.25) is 0 Å². The first-order chi connectivity index (χ1) is 18.5. The van der Waals surface area contributed by atoms with Crippen molar-refractivity contribution in [1.82, 2.24) is 4.90 Å². The summed E-state index contributed by atoms with van der Waals surface area (Å²) in [7, 11) is 0. The van der Waals surface area contributed by atoms with E-state index in [1.165, 1.54) is 12.1 Å². The lowest BCUT2D eigenvalue weighted by atomic mass is 9.74. The molecule has 0 spiro atoms. The van der Waals surface area contributed by atoms with Gasteiger partial charge in [-0.05, 0) is 60.4 Å². The summed E-state index contributed by atoms with van der Waals surface area (Å²) in [6, 6.07) is 25.4. The van der Waals surface area contributed by atoms with Crippen LogP contribution >= 0.6 is 0 Å². The van der Waals surface area contributed by atoms with Crippen LogP contribution < -0.4 is 9.64 Å². The molecule has 3 aromatic rings. The number of nitrogens with zero attached hydrogens (tertiary/aromatic N) is 2. The number of anilines is 1. The van der Waals surface area contributed by atoms with Crippen molar-refractivity contribution in [1.29, 1.82) is 0 Å². The molecule has 1 heterocycles. The molecule has 1 N–H and O–H groups in total. The highest BCUT2D eigenvalue weighted by Gasteiger charge is 2.40. The second kappa shape index (κ2) is 13.8. The third-order valence-electron chi connectivity index (χ3n) is 7.82. The predicted molar refractivity (Wildman–Crippen MR) is 155 cm³/mol. The quantitative estimate of drug-likeness (QED) is 0.248. The topological polar surface area (TPSA) is 35.9 Å².